The van der Waals surface area contributed by atoms with E-state index in [1.54, 1.807) is 6.07 Å². The second-order valence-electron chi connectivity index (χ2n) is 8.05. The molecular weight excluding hydrogens is 455 g/mol. The number of aromatic nitrogens is 2. The quantitative estimate of drug-likeness (QED) is 0.382. The van der Waals surface area contributed by atoms with Gasteiger partial charge in [0.15, 0.2) is 0 Å². The van der Waals surface area contributed by atoms with Crippen molar-refractivity contribution in [3.8, 4) is 5.75 Å². The van der Waals surface area contributed by atoms with Crippen LogP contribution in [0.5, 0.6) is 5.75 Å². The van der Waals surface area contributed by atoms with E-state index in [0.29, 0.717) is 16.8 Å². The predicted octanol–water partition coefficient (Wildman–Crippen LogP) is 5.78. The number of amides is 1. The van der Waals surface area contributed by atoms with Crippen LogP contribution in [0.2, 0.25) is 5.02 Å². The van der Waals surface area contributed by atoms with Gasteiger partial charge < -0.3 is 19.2 Å². The summed E-state index contributed by atoms with van der Waals surface area (Å²) in [5, 5.41) is 5.17. The lowest BCUT2D eigenvalue weighted by Crippen LogP contribution is -2.23. The van der Waals surface area contributed by atoms with Crippen molar-refractivity contribution in [1.29, 1.82) is 0 Å². The molecule has 174 valence electrons. The topological polar surface area (TPSA) is 48.2 Å². The maximum absolute atomic E-state index is 12.6. The van der Waals surface area contributed by atoms with Gasteiger partial charge in [-0.3, -0.25) is 4.79 Å². The molecule has 0 spiro atoms. The van der Waals surface area contributed by atoms with E-state index < -0.39 is 6.36 Å². The second kappa shape index (κ2) is 8.67. The molecule has 2 aromatic carbocycles. The van der Waals surface area contributed by atoms with Crippen LogP contribution in [0.4, 0.5) is 13.2 Å². The minimum atomic E-state index is -4.77. The van der Waals surface area contributed by atoms with Crippen LogP contribution in [-0.2, 0) is 31.9 Å². The number of benzene rings is 2. The molecule has 0 atom stereocenters. The van der Waals surface area contributed by atoms with Crippen LogP contribution in [0.15, 0.2) is 42.6 Å². The summed E-state index contributed by atoms with van der Waals surface area (Å²) in [5.41, 5.74) is 4.45. The fourth-order valence-electron chi connectivity index (χ4n) is 4.22. The summed E-state index contributed by atoms with van der Waals surface area (Å²) in [5.74, 6) is -0.434. The van der Waals surface area contributed by atoms with Gasteiger partial charge in [0.1, 0.15) is 5.75 Å². The molecule has 2 heterocycles. The van der Waals surface area contributed by atoms with Crippen molar-refractivity contribution in [2.24, 2.45) is 14.1 Å². The summed E-state index contributed by atoms with van der Waals surface area (Å²) in [6.07, 6.45) is -1.96. The molecule has 4 rings (SSSR count). The maximum Gasteiger partial charge on any atom is 0.573 e. The largest absolute Gasteiger partial charge is 0.573 e. The molecule has 1 amide bonds. The number of hydrogen-bond acceptors (Lipinski definition) is 2. The lowest BCUT2D eigenvalue weighted by molar-refractivity contribution is -0.274. The lowest BCUT2D eigenvalue weighted by Gasteiger charge is -2.09. The number of rotatable bonds is 6. The standard InChI is InChI=1S/C24H23ClF3N3O2/c1-14-20(19-11-17(33-24(26,27)28)6-8-22(19)31(14)3)12-29-23(32)9-4-15-13-30(2)21-7-5-16(25)10-18(15)21/h5-8,10-11,13H,4,9,12H2,1-3H3,(H,29,32). The Morgan fingerprint density at radius 3 is 2.55 bits per heavy atom. The number of carbonyl (C=O) groups excluding carboxylic acids is 1. The Balaban J connectivity index is 1.48. The minimum Gasteiger partial charge on any atom is -0.406 e. The zero-order chi connectivity index (χ0) is 23.9. The first-order valence-corrected chi connectivity index (χ1v) is 10.7. The molecule has 9 heteroatoms. The number of nitrogens with zero attached hydrogens (tertiary/aromatic N) is 2. The normalized spacial score (nSPS) is 12.0. The summed E-state index contributed by atoms with van der Waals surface area (Å²) in [4.78, 5) is 12.6. The van der Waals surface area contributed by atoms with Gasteiger partial charge >= 0.3 is 6.36 Å². The van der Waals surface area contributed by atoms with E-state index in [9.17, 15) is 18.0 Å². The van der Waals surface area contributed by atoms with Crippen molar-refractivity contribution in [3.63, 3.8) is 0 Å². The Morgan fingerprint density at radius 1 is 1.09 bits per heavy atom. The van der Waals surface area contributed by atoms with Crippen molar-refractivity contribution in [3.05, 3.63) is 64.4 Å². The summed E-state index contributed by atoms with van der Waals surface area (Å²) < 4.78 is 45.8. The molecule has 5 nitrogen and oxygen atoms in total. The Morgan fingerprint density at radius 2 is 1.82 bits per heavy atom. The van der Waals surface area contributed by atoms with Crippen molar-refractivity contribution >= 4 is 39.3 Å². The van der Waals surface area contributed by atoms with E-state index in [1.807, 2.05) is 54.5 Å². The fraction of sp³-hybridized carbons (Fsp3) is 0.292. The maximum atomic E-state index is 12.6. The molecule has 4 aromatic rings. The molecule has 0 unspecified atom stereocenters. The first-order valence-electron chi connectivity index (χ1n) is 10.4. The SMILES string of the molecule is Cc1c(CNC(=O)CCc2cn(C)c3ccc(Cl)cc23)c2cc(OC(F)(F)F)ccc2n1C. The molecule has 0 aliphatic heterocycles. The highest BCUT2D eigenvalue weighted by molar-refractivity contribution is 6.31. The number of hydrogen-bond donors (Lipinski definition) is 1. The van der Waals surface area contributed by atoms with Gasteiger partial charge in [-0.25, -0.2) is 0 Å². The highest BCUT2D eigenvalue weighted by Gasteiger charge is 2.31. The van der Waals surface area contributed by atoms with Gasteiger partial charge in [-0.15, -0.1) is 13.2 Å². The Labute approximate surface area is 193 Å². The van der Waals surface area contributed by atoms with E-state index >= 15 is 0 Å². The van der Waals surface area contributed by atoms with Crippen LogP contribution in [0.3, 0.4) is 0 Å². The fourth-order valence-corrected chi connectivity index (χ4v) is 4.39. The molecule has 0 radical (unpaired) electrons. The van der Waals surface area contributed by atoms with Crippen LogP contribution < -0.4 is 10.1 Å². The average molecular weight is 478 g/mol. The molecule has 0 bridgehead atoms. The van der Waals surface area contributed by atoms with Crippen LogP contribution >= 0.6 is 11.6 Å². The van der Waals surface area contributed by atoms with E-state index in [4.69, 9.17) is 11.6 Å². The Kier molecular flexibility index (Phi) is 6.05. The number of alkyl halides is 3. The second-order valence-corrected chi connectivity index (χ2v) is 8.49. The Hall–Kier alpha value is -3.13. The molecule has 0 aliphatic carbocycles. The van der Waals surface area contributed by atoms with Gasteiger partial charge in [0.05, 0.1) is 0 Å². The number of aryl methyl sites for hydroxylation is 3. The molecule has 0 saturated heterocycles. The lowest BCUT2D eigenvalue weighted by atomic mass is 10.1. The molecule has 33 heavy (non-hydrogen) atoms. The minimum absolute atomic E-state index is 0.145. The van der Waals surface area contributed by atoms with Gasteiger partial charge in [0, 0.05) is 65.8 Å². The average Bonchev–Trinajstić information content (AvgIpc) is 3.17. The van der Waals surface area contributed by atoms with Gasteiger partial charge in [-0.2, -0.15) is 0 Å². The van der Waals surface area contributed by atoms with Crippen LogP contribution in [0.25, 0.3) is 21.8 Å². The smallest absolute Gasteiger partial charge is 0.406 e. The molecule has 0 saturated carbocycles. The number of nitrogens with one attached hydrogen (secondary N) is 1. The van der Waals surface area contributed by atoms with Crippen molar-refractivity contribution in [2.75, 3.05) is 0 Å². The summed E-state index contributed by atoms with van der Waals surface area (Å²) in [7, 11) is 3.78. The van der Waals surface area contributed by atoms with Crippen molar-refractivity contribution < 1.29 is 22.7 Å². The van der Waals surface area contributed by atoms with E-state index in [-0.39, 0.29) is 24.6 Å². The van der Waals surface area contributed by atoms with Crippen molar-refractivity contribution in [1.82, 2.24) is 14.5 Å². The molecule has 0 aliphatic rings. The van der Waals surface area contributed by atoms with E-state index in [1.165, 1.54) is 12.1 Å². The van der Waals surface area contributed by atoms with Gasteiger partial charge in [0.25, 0.3) is 0 Å². The molecule has 0 fully saturated rings. The third-order valence-electron chi connectivity index (χ3n) is 5.95. The molecule has 1 N–H and O–H groups in total. The van der Waals surface area contributed by atoms with Gasteiger partial charge in [0.2, 0.25) is 5.91 Å². The first-order chi connectivity index (χ1) is 15.5. The number of ether oxygens (including phenoxy) is 1. The summed E-state index contributed by atoms with van der Waals surface area (Å²) in [6, 6.07) is 9.90. The van der Waals surface area contributed by atoms with Crippen molar-refractivity contribution in [2.45, 2.75) is 32.7 Å². The predicted molar refractivity (Wildman–Crippen MR) is 122 cm³/mol. The highest BCUT2D eigenvalue weighted by atomic mass is 35.5. The van der Waals surface area contributed by atoms with E-state index in [2.05, 4.69) is 10.1 Å². The monoisotopic (exact) mass is 477 g/mol. The van der Waals surface area contributed by atoms with Crippen LogP contribution in [0.1, 0.15) is 23.2 Å². The summed E-state index contributed by atoms with van der Waals surface area (Å²) in [6.45, 7) is 2.07. The number of fused-ring (bicyclic) bond motifs is 2. The van der Waals surface area contributed by atoms with Crippen LogP contribution in [-0.4, -0.2) is 21.4 Å². The first kappa shape index (κ1) is 23.0. The third kappa shape index (κ3) is 4.80. The summed E-state index contributed by atoms with van der Waals surface area (Å²) >= 11 is 6.13. The van der Waals surface area contributed by atoms with Gasteiger partial charge in [-0.1, -0.05) is 11.6 Å². The molecule has 2 aromatic heterocycles. The van der Waals surface area contributed by atoms with E-state index in [0.717, 1.165) is 33.2 Å². The zero-order valence-electron chi connectivity index (χ0n) is 18.4. The highest BCUT2D eigenvalue weighted by Crippen LogP contribution is 2.31. The van der Waals surface area contributed by atoms with Crippen LogP contribution in [0, 0.1) is 6.92 Å². The molecular formula is C24H23ClF3N3O2. The third-order valence-corrected chi connectivity index (χ3v) is 6.18. The van der Waals surface area contributed by atoms with Gasteiger partial charge in [-0.05, 0) is 60.9 Å². The zero-order valence-corrected chi connectivity index (χ0v) is 19.1. The number of carbonyl (C=O) groups is 1. The number of halogens is 4. The Bertz CT molecular complexity index is 1350.